The number of carbonyl (C=O) groups excluding carboxylic acids is 1. The average Bonchev–Trinajstić information content (AvgIpc) is 2.27. The Bertz CT molecular complexity index is 366. The van der Waals surface area contributed by atoms with E-state index >= 15 is 0 Å². The Kier molecular flexibility index (Phi) is 5.19. The van der Waals surface area contributed by atoms with E-state index in [0.717, 1.165) is 29.1 Å². The monoisotopic (exact) mass is 238 g/mol. The predicted molar refractivity (Wildman–Crippen MR) is 69.6 cm³/mol. The van der Waals surface area contributed by atoms with E-state index in [0.29, 0.717) is 5.75 Å². The van der Waals surface area contributed by atoms with Crippen molar-refractivity contribution in [2.24, 2.45) is 0 Å². The van der Waals surface area contributed by atoms with Gasteiger partial charge in [0, 0.05) is 17.1 Å². The molecular formula is C12H18N2OS. The lowest BCUT2D eigenvalue weighted by Crippen LogP contribution is -2.25. The van der Waals surface area contributed by atoms with Gasteiger partial charge in [0.15, 0.2) is 0 Å². The summed E-state index contributed by atoms with van der Waals surface area (Å²) >= 11 is 1.53. The number of thioether (sulfide) groups is 1. The Balaban J connectivity index is 2.47. The highest BCUT2D eigenvalue weighted by Gasteiger charge is 2.04. The molecule has 0 spiro atoms. The van der Waals surface area contributed by atoms with E-state index in [-0.39, 0.29) is 5.91 Å². The Morgan fingerprint density at radius 1 is 1.50 bits per heavy atom. The predicted octanol–water partition coefficient (Wildman–Crippen LogP) is 2.20. The van der Waals surface area contributed by atoms with Gasteiger partial charge in [0.05, 0.1) is 5.75 Å². The summed E-state index contributed by atoms with van der Waals surface area (Å²) in [6, 6.07) is 5.76. The van der Waals surface area contributed by atoms with Gasteiger partial charge in [-0.3, -0.25) is 4.79 Å². The largest absolute Gasteiger partial charge is 0.399 e. The molecular weight excluding hydrogens is 220 g/mol. The molecule has 1 amide bonds. The molecule has 0 aliphatic carbocycles. The highest BCUT2D eigenvalue weighted by atomic mass is 32.2. The van der Waals surface area contributed by atoms with Crippen molar-refractivity contribution in [3.8, 4) is 0 Å². The van der Waals surface area contributed by atoms with Gasteiger partial charge < -0.3 is 11.1 Å². The summed E-state index contributed by atoms with van der Waals surface area (Å²) in [6.45, 7) is 4.80. The van der Waals surface area contributed by atoms with Crippen LogP contribution in [0.15, 0.2) is 23.1 Å². The second kappa shape index (κ2) is 6.43. The van der Waals surface area contributed by atoms with Crippen LogP contribution >= 0.6 is 11.8 Å². The molecule has 16 heavy (non-hydrogen) atoms. The first-order valence-corrected chi connectivity index (χ1v) is 6.37. The van der Waals surface area contributed by atoms with E-state index in [4.69, 9.17) is 5.73 Å². The van der Waals surface area contributed by atoms with Crippen LogP contribution in [0.4, 0.5) is 5.69 Å². The molecule has 0 aliphatic rings. The number of nitrogens with one attached hydrogen (secondary N) is 1. The van der Waals surface area contributed by atoms with E-state index in [1.807, 2.05) is 32.0 Å². The van der Waals surface area contributed by atoms with Gasteiger partial charge in [0.2, 0.25) is 5.91 Å². The van der Waals surface area contributed by atoms with Crippen molar-refractivity contribution in [2.45, 2.75) is 25.2 Å². The summed E-state index contributed by atoms with van der Waals surface area (Å²) in [4.78, 5) is 12.5. The van der Waals surface area contributed by atoms with Crippen molar-refractivity contribution in [1.29, 1.82) is 0 Å². The smallest absolute Gasteiger partial charge is 0.230 e. The lowest BCUT2D eigenvalue weighted by molar-refractivity contribution is -0.118. The molecule has 0 radical (unpaired) electrons. The molecule has 0 aromatic heterocycles. The van der Waals surface area contributed by atoms with Crippen LogP contribution in [0.2, 0.25) is 0 Å². The van der Waals surface area contributed by atoms with Crippen molar-refractivity contribution < 1.29 is 4.79 Å². The minimum absolute atomic E-state index is 0.0775. The molecule has 3 nitrogen and oxygen atoms in total. The molecule has 4 heteroatoms. The van der Waals surface area contributed by atoms with E-state index in [9.17, 15) is 4.79 Å². The first-order chi connectivity index (χ1) is 7.63. The van der Waals surface area contributed by atoms with Gasteiger partial charge in [-0.2, -0.15) is 0 Å². The summed E-state index contributed by atoms with van der Waals surface area (Å²) in [5, 5.41) is 2.85. The molecule has 0 fully saturated rings. The van der Waals surface area contributed by atoms with Gasteiger partial charge >= 0.3 is 0 Å². The van der Waals surface area contributed by atoms with Crippen LogP contribution in [0.1, 0.15) is 18.9 Å². The van der Waals surface area contributed by atoms with Gasteiger partial charge in [-0.15, -0.1) is 11.8 Å². The summed E-state index contributed by atoms with van der Waals surface area (Å²) in [6.07, 6.45) is 0.966. The first kappa shape index (κ1) is 12.9. The molecule has 3 N–H and O–H groups in total. The Morgan fingerprint density at radius 3 is 2.94 bits per heavy atom. The number of rotatable bonds is 5. The number of nitrogen functional groups attached to an aromatic ring is 1. The Hall–Kier alpha value is -1.16. The van der Waals surface area contributed by atoms with Gasteiger partial charge in [0.1, 0.15) is 0 Å². The van der Waals surface area contributed by atoms with E-state index in [2.05, 4.69) is 5.32 Å². The van der Waals surface area contributed by atoms with Crippen molar-refractivity contribution in [1.82, 2.24) is 5.32 Å². The zero-order valence-corrected chi connectivity index (χ0v) is 10.6. The number of amides is 1. The minimum atomic E-state index is 0.0775. The Labute approximate surface area is 101 Å². The van der Waals surface area contributed by atoms with E-state index in [1.165, 1.54) is 11.8 Å². The highest BCUT2D eigenvalue weighted by molar-refractivity contribution is 8.00. The van der Waals surface area contributed by atoms with Crippen LogP contribution < -0.4 is 11.1 Å². The molecule has 0 heterocycles. The second-order valence-corrected chi connectivity index (χ2v) is 4.68. The molecule has 1 rings (SSSR count). The third kappa shape index (κ3) is 4.14. The number of carbonyl (C=O) groups is 1. The molecule has 88 valence electrons. The fourth-order valence-electron chi connectivity index (χ4n) is 1.23. The summed E-state index contributed by atoms with van der Waals surface area (Å²) in [5.41, 5.74) is 7.59. The highest BCUT2D eigenvalue weighted by Crippen LogP contribution is 2.24. The van der Waals surface area contributed by atoms with Crippen molar-refractivity contribution >= 4 is 23.4 Å². The fourth-order valence-corrected chi connectivity index (χ4v) is 2.13. The van der Waals surface area contributed by atoms with Gasteiger partial charge in [-0.1, -0.05) is 13.0 Å². The summed E-state index contributed by atoms with van der Waals surface area (Å²) in [5.74, 6) is 0.526. The van der Waals surface area contributed by atoms with E-state index < -0.39 is 0 Å². The van der Waals surface area contributed by atoms with Crippen molar-refractivity contribution in [3.05, 3.63) is 23.8 Å². The SMILES string of the molecule is CCCNC(=O)CSc1cc(N)ccc1C. The zero-order chi connectivity index (χ0) is 12.0. The van der Waals surface area contributed by atoms with Gasteiger partial charge in [-0.05, 0) is 31.0 Å². The number of nitrogens with two attached hydrogens (primary N) is 1. The molecule has 1 aromatic rings. The summed E-state index contributed by atoms with van der Waals surface area (Å²) < 4.78 is 0. The average molecular weight is 238 g/mol. The third-order valence-electron chi connectivity index (χ3n) is 2.14. The molecule has 0 saturated carbocycles. The second-order valence-electron chi connectivity index (χ2n) is 3.66. The van der Waals surface area contributed by atoms with Crippen molar-refractivity contribution in [2.75, 3.05) is 18.0 Å². The lowest BCUT2D eigenvalue weighted by atomic mass is 10.2. The summed E-state index contributed by atoms with van der Waals surface area (Å²) in [7, 11) is 0. The maximum atomic E-state index is 11.4. The number of hydrogen-bond donors (Lipinski definition) is 2. The third-order valence-corrected chi connectivity index (χ3v) is 3.30. The quantitative estimate of drug-likeness (QED) is 0.611. The van der Waals surface area contributed by atoms with Gasteiger partial charge in [-0.25, -0.2) is 0 Å². The van der Waals surface area contributed by atoms with Crippen LogP contribution in [0, 0.1) is 6.92 Å². The number of hydrogen-bond acceptors (Lipinski definition) is 3. The minimum Gasteiger partial charge on any atom is -0.399 e. The molecule has 0 atom stereocenters. The normalized spacial score (nSPS) is 10.1. The molecule has 0 bridgehead atoms. The molecule has 0 saturated heterocycles. The van der Waals surface area contributed by atoms with Crippen LogP contribution in [-0.2, 0) is 4.79 Å². The zero-order valence-electron chi connectivity index (χ0n) is 9.75. The number of benzene rings is 1. The number of anilines is 1. The molecule has 0 unspecified atom stereocenters. The van der Waals surface area contributed by atoms with Gasteiger partial charge in [0.25, 0.3) is 0 Å². The maximum Gasteiger partial charge on any atom is 0.230 e. The topological polar surface area (TPSA) is 55.1 Å². The van der Waals surface area contributed by atoms with Crippen LogP contribution in [0.5, 0.6) is 0 Å². The van der Waals surface area contributed by atoms with Crippen molar-refractivity contribution in [3.63, 3.8) is 0 Å². The van der Waals surface area contributed by atoms with Crippen LogP contribution in [-0.4, -0.2) is 18.2 Å². The van der Waals surface area contributed by atoms with Crippen LogP contribution in [0.25, 0.3) is 0 Å². The lowest BCUT2D eigenvalue weighted by Gasteiger charge is -2.07. The van der Waals surface area contributed by atoms with E-state index in [1.54, 1.807) is 0 Å². The standard InChI is InChI=1S/C12H18N2OS/c1-3-6-14-12(15)8-16-11-7-10(13)5-4-9(11)2/h4-5,7H,3,6,8,13H2,1-2H3,(H,14,15). The Morgan fingerprint density at radius 2 is 2.25 bits per heavy atom. The maximum absolute atomic E-state index is 11.4. The molecule has 0 aliphatic heterocycles. The molecule has 1 aromatic carbocycles. The first-order valence-electron chi connectivity index (χ1n) is 5.39. The number of aryl methyl sites for hydroxylation is 1. The van der Waals surface area contributed by atoms with Crippen LogP contribution in [0.3, 0.4) is 0 Å². The fraction of sp³-hybridized carbons (Fsp3) is 0.417.